The van der Waals surface area contributed by atoms with E-state index in [2.05, 4.69) is 36.8 Å². The standard InChI is InChI=1S/C32H34FN7O2/c1-32(2,3)15-7-9-21(18-34)31(41)39-16-8-10-22(19-39)40-30-27(29(35)36-20-37-30)28(38-40)25-14-13-24(17-26(25)33)42-23-11-5-4-6-12-23/h4-6,9,11-14,17,20,22H,7-8,10,15-16,19H2,1-3H3,(H2,35,36,37)/b21-9+/t22-/m1/s1. The number of halogens is 1. The fourth-order valence-electron chi connectivity index (χ4n) is 5.15. The smallest absolute Gasteiger partial charge is 0.264 e. The molecule has 1 aliphatic rings. The summed E-state index contributed by atoms with van der Waals surface area (Å²) >= 11 is 0. The number of allylic oxidation sites excluding steroid dienone is 1. The summed E-state index contributed by atoms with van der Waals surface area (Å²) in [5.74, 6) is 0.306. The molecule has 1 atom stereocenters. The molecule has 9 nitrogen and oxygen atoms in total. The summed E-state index contributed by atoms with van der Waals surface area (Å²) in [7, 11) is 0. The van der Waals surface area contributed by atoms with E-state index in [1.165, 1.54) is 12.4 Å². The van der Waals surface area contributed by atoms with Crippen LogP contribution in [0.25, 0.3) is 22.3 Å². The zero-order valence-corrected chi connectivity index (χ0v) is 24.0. The van der Waals surface area contributed by atoms with Crippen LogP contribution in [0.1, 0.15) is 52.5 Å². The Bertz CT molecular complexity index is 1670. The number of benzene rings is 2. The van der Waals surface area contributed by atoms with E-state index in [-0.39, 0.29) is 34.3 Å². The first-order chi connectivity index (χ1) is 20.1. The number of likely N-dealkylation sites (tertiary alicyclic amines) is 1. The van der Waals surface area contributed by atoms with E-state index < -0.39 is 5.82 Å². The predicted octanol–water partition coefficient (Wildman–Crippen LogP) is 6.45. The van der Waals surface area contributed by atoms with Crippen molar-refractivity contribution in [3.8, 4) is 28.8 Å². The van der Waals surface area contributed by atoms with Crippen LogP contribution < -0.4 is 10.5 Å². The average molecular weight is 568 g/mol. The second kappa shape index (κ2) is 12.0. The van der Waals surface area contributed by atoms with Gasteiger partial charge in [-0.2, -0.15) is 10.4 Å². The fourth-order valence-corrected chi connectivity index (χ4v) is 5.15. The lowest BCUT2D eigenvalue weighted by Crippen LogP contribution is -2.41. The summed E-state index contributed by atoms with van der Waals surface area (Å²) in [4.78, 5) is 23.6. The third kappa shape index (κ3) is 6.25. The summed E-state index contributed by atoms with van der Waals surface area (Å²) in [6, 6.07) is 15.6. The van der Waals surface area contributed by atoms with Crippen molar-refractivity contribution < 1.29 is 13.9 Å². The molecule has 0 bridgehead atoms. The highest BCUT2D eigenvalue weighted by atomic mass is 19.1. The van der Waals surface area contributed by atoms with E-state index in [1.807, 2.05) is 18.2 Å². The third-order valence-corrected chi connectivity index (χ3v) is 7.32. The molecule has 0 saturated carbocycles. The van der Waals surface area contributed by atoms with Gasteiger partial charge in [0.05, 0.1) is 11.4 Å². The molecule has 10 heteroatoms. The monoisotopic (exact) mass is 567 g/mol. The number of ether oxygens (including phenoxy) is 1. The van der Waals surface area contributed by atoms with Gasteiger partial charge in [-0.1, -0.05) is 45.0 Å². The van der Waals surface area contributed by atoms with E-state index in [4.69, 9.17) is 15.6 Å². The molecular formula is C32H34FN7O2. The lowest BCUT2D eigenvalue weighted by atomic mass is 9.90. The minimum absolute atomic E-state index is 0.105. The highest BCUT2D eigenvalue weighted by Gasteiger charge is 2.30. The van der Waals surface area contributed by atoms with Gasteiger partial charge < -0.3 is 15.4 Å². The Morgan fingerprint density at radius 3 is 2.69 bits per heavy atom. The average Bonchev–Trinajstić information content (AvgIpc) is 3.36. The second-order valence-electron chi connectivity index (χ2n) is 11.7. The van der Waals surface area contributed by atoms with Crippen LogP contribution in [-0.4, -0.2) is 43.6 Å². The van der Waals surface area contributed by atoms with Crippen LogP contribution in [0.3, 0.4) is 0 Å². The van der Waals surface area contributed by atoms with E-state index >= 15 is 4.39 Å². The molecule has 42 heavy (non-hydrogen) atoms. The van der Waals surface area contributed by atoms with Crippen LogP contribution in [-0.2, 0) is 4.79 Å². The first kappa shape index (κ1) is 28.7. The van der Waals surface area contributed by atoms with Crippen LogP contribution in [0.15, 0.2) is 66.5 Å². The van der Waals surface area contributed by atoms with E-state index in [0.717, 1.165) is 12.8 Å². The van der Waals surface area contributed by atoms with Crippen molar-refractivity contribution in [2.24, 2.45) is 5.41 Å². The van der Waals surface area contributed by atoms with Gasteiger partial charge in [0, 0.05) is 24.7 Å². The predicted molar refractivity (Wildman–Crippen MR) is 159 cm³/mol. The number of rotatable bonds is 7. The number of nitrogens with zero attached hydrogens (tertiary/aromatic N) is 6. The van der Waals surface area contributed by atoms with Gasteiger partial charge in [0.2, 0.25) is 0 Å². The van der Waals surface area contributed by atoms with E-state index in [0.29, 0.717) is 54.2 Å². The first-order valence-corrected chi connectivity index (χ1v) is 14.1. The minimum Gasteiger partial charge on any atom is -0.457 e. The van der Waals surface area contributed by atoms with Crippen LogP contribution in [0.4, 0.5) is 10.2 Å². The molecule has 2 N–H and O–H groups in total. The third-order valence-electron chi connectivity index (χ3n) is 7.32. The fraction of sp³-hybridized carbons (Fsp3) is 0.344. The minimum atomic E-state index is -0.530. The Morgan fingerprint density at radius 1 is 1.19 bits per heavy atom. The molecule has 0 spiro atoms. The zero-order chi connectivity index (χ0) is 29.9. The van der Waals surface area contributed by atoms with E-state index in [9.17, 15) is 10.1 Å². The first-order valence-electron chi connectivity index (χ1n) is 14.1. The maximum Gasteiger partial charge on any atom is 0.264 e. The number of para-hydroxylation sites is 1. The summed E-state index contributed by atoms with van der Waals surface area (Å²) in [5, 5.41) is 14.9. The van der Waals surface area contributed by atoms with Crippen LogP contribution in [0.2, 0.25) is 0 Å². The highest BCUT2D eigenvalue weighted by Crippen LogP contribution is 2.36. The highest BCUT2D eigenvalue weighted by molar-refractivity contribution is 5.99. The van der Waals surface area contributed by atoms with Crippen molar-refractivity contribution in [1.29, 1.82) is 5.26 Å². The van der Waals surface area contributed by atoms with Crippen molar-refractivity contribution in [2.45, 2.75) is 52.5 Å². The number of nitrogens with two attached hydrogens (primary N) is 1. The molecule has 1 fully saturated rings. The molecule has 0 unspecified atom stereocenters. The number of hydrogen-bond acceptors (Lipinski definition) is 7. The SMILES string of the molecule is CC(C)(C)CC/C=C(\C#N)C(=O)N1CCC[C@@H](n2nc(-c3ccc(Oc4ccccc4)cc3F)c3c(N)ncnc32)C1. The number of piperidine rings is 1. The number of carbonyl (C=O) groups is 1. The second-order valence-corrected chi connectivity index (χ2v) is 11.7. The molecule has 0 aliphatic carbocycles. The molecule has 1 aliphatic heterocycles. The van der Waals surface area contributed by atoms with Gasteiger partial charge in [-0.15, -0.1) is 0 Å². The number of anilines is 1. The van der Waals surface area contributed by atoms with Crippen molar-refractivity contribution >= 4 is 22.8 Å². The summed E-state index contributed by atoms with van der Waals surface area (Å²) in [6.45, 7) is 7.25. The van der Waals surface area contributed by atoms with Crippen molar-refractivity contribution in [3.63, 3.8) is 0 Å². The number of fused-ring (bicyclic) bond motifs is 1. The normalized spacial score (nSPS) is 15.9. The van der Waals surface area contributed by atoms with Crippen LogP contribution in [0.5, 0.6) is 11.5 Å². The molecule has 4 aromatic rings. The Morgan fingerprint density at radius 2 is 1.98 bits per heavy atom. The molecule has 3 heterocycles. The number of nitriles is 1. The molecule has 0 radical (unpaired) electrons. The Labute approximate surface area is 244 Å². The maximum absolute atomic E-state index is 15.5. The topological polar surface area (TPSA) is 123 Å². The number of carbonyl (C=O) groups excluding carboxylic acids is 1. The van der Waals surface area contributed by atoms with Crippen molar-refractivity contribution in [1.82, 2.24) is 24.6 Å². The molecule has 5 rings (SSSR count). The molecule has 2 aromatic heterocycles. The molecular weight excluding hydrogens is 533 g/mol. The lowest BCUT2D eigenvalue weighted by molar-refractivity contribution is -0.128. The Balaban J connectivity index is 1.43. The van der Waals surface area contributed by atoms with Crippen molar-refractivity contribution in [3.05, 3.63) is 72.3 Å². The number of amides is 1. The lowest BCUT2D eigenvalue weighted by Gasteiger charge is -2.32. The molecule has 2 aromatic carbocycles. The summed E-state index contributed by atoms with van der Waals surface area (Å²) in [5.41, 5.74) is 7.53. The van der Waals surface area contributed by atoms with Gasteiger partial charge >= 0.3 is 0 Å². The van der Waals surface area contributed by atoms with Gasteiger partial charge in [-0.3, -0.25) is 4.79 Å². The van der Waals surface area contributed by atoms with Crippen LogP contribution in [0, 0.1) is 22.6 Å². The summed E-state index contributed by atoms with van der Waals surface area (Å²) in [6.07, 6.45) is 6.05. The van der Waals surface area contributed by atoms with Crippen molar-refractivity contribution in [2.75, 3.05) is 18.8 Å². The van der Waals surface area contributed by atoms with Gasteiger partial charge in [0.1, 0.15) is 46.8 Å². The number of aromatic nitrogens is 4. The van der Waals surface area contributed by atoms with Gasteiger partial charge in [-0.05, 0) is 55.4 Å². The maximum atomic E-state index is 15.5. The molecule has 1 saturated heterocycles. The van der Waals surface area contributed by atoms with Crippen LogP contribution >= 0.6 is 0 Å². The Hall–Kier alpha value is -4.78. The molecule has 216 valence electrons. The van der Waals surface area contributed by atoms with Gasteiger partial charge in [0.15, 0.2) is 5.65 Å². The van der Waals surface area contributed by atoms with Gasteiger partial charge in [-0.25, -0.2) is 19.0 Å². The number of nitrogen functional groups attached to an aromatic ring is 1. The summed E-state index contributed by atoms with van der Waals surface area (Å²) < 4.78 is 23.0. The van der Waals surface area contributed by atoms with Gasteiger partial charge in [0.25, 0.3) is 5.91 Å². The quantitative estimate of drug-likeness (QED) is 0.201. The Kier molecular flexibility index (Phi) is 8.20. The zero-order valence-electron chi connectivity index (χ0n) is 24.0. The largest absolute Gasteiger partial charge is 0.457 e. The number of hydrogen-bond donors (Lipinski definition) is 1. The molecule has 1 amide bonds. The van der Waals surface area contributed by atoms with E-state index in [1.54, 1.807) is 39.9 Å².